The van der Waals surface area contributed by atoms with Crippen LogP contribution in [0.1, 0.15) is 29.9 Å². The third-order valence-corrected chi connectivity index (χ3v) is 2.12. The van der Waals surface area contributed by atoms with Gasteiger partial charge in [0.1, 0.15) is 0 Å². The summed E-state index contributed by atoms with van der Waals surface area (Å²) in [5, 5.41) is 3.36. The first-order chi connectivity index (χ1) is 6.67. The van der Waals surface area contributed by atoms with Crippen LogP contribution in [0.25, 0.3) is 0 Å². The summed E-state index contributed by atoms with van der Waals surface area (Å²) in [6, 6.07) is 4.43. The van der Waals surface area contributed by atoms with E-state index in [4.69, 9.17) is 0 Å². The summed E-state index contributed by atoms with van der Waals surface area (Å²) < 4.78 is 0. The third kappa shape index (κ3) is 2.67. The van der Waals surface area contributed by atoms with Gasteiger partial charge in [0, 0.05) is 11.4 Å². The number of aromatic nitrogens is 1. The van der Waals surface area contributed by atoms with Crippen molar-refractivity contribution in [3.63, 3.8) is 0 Å². The molecule has 0 bridgehead atoms. The Hall–Kier alpha value is -1.15. The molecular formula is C12H18N2. The van der Waals surface area contributed by atoms with Gasteiger partial charge in [-0.1, -0.05) is 13.0 Å². The molecule has 1 rings (SSSR count). The zero-order valence-electron chi connectivity index (χ0n) is 9.17. The van der Waals surface area contributed by atoms with Crippen molar-refractivity contribution >= 4 is 0 Å². The highest BCUT2D eigenvalue weighted by Gasteiger charge is 2.06. The van der Waals surface area contributed by atoms with Crippen molar-refractivity contribution in [2.75, 3.05) is 6.54 Å². The summed E-state index contributed by atoms with van der Waals surface area (Å²) in [7, 11) is 0. The number of hydrogen-bond acceptors (Lipinski definition) is 2. The van der Waals surface area contributed by atoms with Gasteiger partial charge in [-0.25, -0.2) is 0 Å². The highest BCUT2D eigenvalue weighted by molar-refractivity contribution is 5.26. The quantitative estimate of drug-likeness (QED) is 0.738. The van der Waals surface area contributed by atoms with Crippen LogP contribution < -0.4 is 5.32 Å². The molecule has 76 valence electrons. The van der Waals surface area contributed by atoms with Gasteiger partial charge in [-0.3, -0.25) is 4.98 Å². The molecule has 0 aliphatic rings. The zero-order valence-corrected chi connectivity index (χ0v) is 9.17. The Balaban J connectivity index is 2.97. The molecule has 14 heavy (non-hydrogen) atoms. The Bertz CT molecular complexity index is 298. The predicted octanol–water partition coefficient (Wildman–Crippen LogP) is 2.54. The molecule has 0 aliphatic heterocycles. The minimum Gasteiger partial charge on any atom is -0.307 e. The van der Waals surface area contributed by atoms with Crippen LogP contribution >= 0.6 is 0 Å². The smallest absolute Gasteiger partial charge is 0.0504 e. The molecule has 0 radical (unpaired) electrons. The van der Waals surface area contributed by atoms with Crippen LogP contribution in [-0.2, 0) is 0 Å². The number of rotatable bonds is 4. The number of nitrogens with one attached hydrogen (secondary N) is 1. The molecule has 0 spiro atoms. The van der Waals surface area contributed by atoms with Crippen molar-refractivity contribution in [2.24, 2.45) is 0 Å². The maximum absolute atomic E-state index is 4.35. The molecule has 1 aromatic heterocycles. The van der Waals surface area contributed by atoms with Crippen LogP contribution in [0.15, 0.2) is 24.8 Å². The van der Waals surface area contributed by atoms with Gasteiger partial charge >= 0.3 is 0 Å². The Labute approximate surface area is 86.1 Å². The van der Waals surface area contributed by atoms with Crippen LogP contribution in [0.3, 0.4) is 0 Å². The maximum atomic E-state index is 4.35. The van der Waals surface area contributed by atoms with Crippen LogP contribution in [-0.4, -0.2) is 11.5 Å². The van der Waals surface area contributed by atoms with Crippen molar-refractivity contribution in [3.05, 3.63) is 41.7 Å². The Morgan fingerprint density at radius 3 is 2.43 bits per heavy atom. The molecule has 0 saturated heterocycles. The standard InChI is InChI=1S/C12H18N2/c1-5-12(13-6-2)11-7-9(3)14-10(4)8-11/h5,7-8,12-13H,1,6H2,2-4H3. The molecule has 1 unspecified atom stereocenters. The van der Waals surface area contributed by atoms with Gasteiger partial charge in [0.25, 0.3) is 0 Å². The van der Waals surface area contributed by atoms with E-state index >= 15 is 0 Å². The first kappa shape index (κ1) is 10.9. The Morgan fingerprint density at radius 1 is 1.43 bits per heavy atom. The number of nitrogens with zero attached hydrogens (tertiary/aromatic N) is 1. The maximum Gasteiger partial charge on any atom is 0.0504 e. The van der Waals surface area contributed by atoms with Gasteiger partial charge in [-0.2, -0.15) is 0 Å². The fourth-order valence-corrected chi connectivity index (χ4v) is 1.60. The second kappa shape index (κ2) is 4.91. The summed E-state index contributed by atoms with van der Waals surface area (Å²) in [5.74, 6) is 0. The summed E-state index contributed by atoms with van der Waals surface area (Å²) in [6.45, 7) is 10.9. The van der Waals surface area contributed by atoms with Gasteiger partial charge in [0.15, 0.2) is 0 Å². The van der Waals surface area contributed by atoms with Gasteiger partial charge in [0.2, 0.25) is 0 Å². The molecular weight excluding hydrogens is 172 g/mol. The molecule has 0 amide bonds. The van der Waals surface area contributed by atoms with Gasteiger partial charge in [-0.15, -0.1) is 6.58 Å². The molecule has 2 nitrogen and oxygen atoms in total. The topological polar surface area (TPSA) is 24.9 Å². The fraction of sp³-hybridized carbons (Fsp3) is 0.417. The summed E-state index contributed by atoms with van der Waals surface area (Å²) in [6.07, 6.45) is 1.93. The number of pyridine rings is 1. The van der Waals surface area contributed by atoms with Crippen molar-refractivity contribution < 1.29 is 0 Å². The highest BCUT2D eigenvalue weighted by atomic mass is 14.9. The van der Waals surface area contributed by atoms with E-state index in [0.717, 1.165) is 17.9 Å². The molecule has 2 heteroatoms. The molecule has 1 atom stereocenters. The second-order valence-electron chi connectivity index (χ2n) is 3.45. The fourth-order valence-electron chi connectivity index (χ4n) is 1.60. The summed E-state index contributed by atoms with van der Waals surface area (Å²) in [5.41, 5.74) is 3.36. The predicted molar refractivity (Wildman–Crippen MR) is 60.3 cm³/mol. The molecule has 1 aromatic rings. The second-order valence-corrected chi connectivity index (χ2v) is 3.45. The molecule has 0 fully saturated rings. The van der Waals surface area contributed by atoms with Crippen molar-refractivity contribution in [2.45, 2.75) is 26.8 Å². The zero-order chi connectivity index (χ0) is 10.6. The van der Waals surface area contributed by atoms with E-state index in [9.17, 15) is 0 Å². The minimum absolute atomic E-state index is 0.236. The lowest BCUT2D eigenvalue weighted by Crippen LogP contribution is -2.19. The number of likely N-dealkylation sites (N-methyl/N-ethyl adjacent to an activating group) is 1. The molecule has 1 heterocycles. The van der Waals surface area contributed by atoms with E-state index < -0.39 is 0 Å². The lowest BCUT2D eigenvalue weighted by molar-refractivity contribution is 0.647. The van der Waals surface area contributed by atoms with Crippen LogP contribution in [0.2, 0.25) is 0 Å². The SMILES string of the molecule is C=CC(NCC)c1cc(C)nc(C)c1. The van der Waals surface area contributed by atoms with E-state index in [1.54, 1.807) is 0 Å². The van der Waals surface area contributed by atoms with E-state index in [-0.39, 0.29) is 6.04 Å². The van der Waals surface area contributed by atoms with E-state index in [1.807, 2.05) is 19.9 Å². The monoisotopic (exact) mass is 190 g/mol. The van der Waals surface area contributed by atoms with Crippen LogP contribution in [0.4, 0.5) is 0 Å². The summed E-state index contributed by atoms with van der Waals surface area (Å²) >= 11 is 0. The summed E-state index contributed by atoms with van der Waals surface area (Å²) in [4.78, 5) is 4.35. The first-order valence-electron chi connectivity index (χ1n) is 4.98. The van der Waals surface area contributed by atoms with Crippen molar-refractivity contribution in [1.82, 2.24) is 10.3 Å². The first-order valence-corrected chi connectivity index (χ1v) is 4.98. The lowest BCUT2D eigenvalue weighted by atomic mass is 10.1. The molecule has 0 aliphatic carbocycles. The van der Waals surface area contributed by atoms with E-state index in [2.05, 4.69) is 35.9 Å². The number of aryl methyl sites for hydroxylation is 2. The minimum atomic E-state index is 0.236. The largest absolute Gasteiger partial charge is 0.307 e. The molecule has 1 N–H and O–H groups in total. The van der Waals surface area contributed by atoms with Gasteiger partial charge in [0.05, 0.1) is 6.04 Å². The number of hydrogen-bond donors (Lipinski definition) is 1. The van der Waals surface area contributed by atoms with E-state index in [0.29, 0.717) is 0 Å². The third-order valence-electron chi connectivity index (χ3n) is 2.12. The molecule has 0 saturated carbocycles. The Kier molecular flexibility index (Phi) is 3.84. The molecule has 0 aromatic carbocycles. The van der Waals surface area contributed by atoms with Gasteiger partial charge in [-0.05, 0) is 38.1 Å². The van der Waals surface area contributed by atoms with Gasteiger partial charge < -0.3 is 5.32 Å². The van der Waals surface area contributed by atoms with Crippen LogP contribution in [0.5, 0.6) is 0 Å². The highest BCUT2D eigenvalue weighted by Crippen LogP contribution is 2.15. The normalized spacial score (nSPS) is 12.5. The van der Waals surface area contributed by atoms with Crippen LogP contribution in [0, 0.1) is 13.8 Å². The van der Waals surface area contributed by atoms with Crippen molar-refractivity contribution in [3.8, 4) is 0 Å². The average molecular weight is 190 g/mol. The van der Waals surface area contributed by atoms with E-state index in [1.165, 1.54) is 5.56 Å². The lowest BCUT2D eigenvalue weighted by Gasteiger charge is -2.14. The average Bonchev–Trinajstić information content (AvgIpc) is 2.12. The van der Waals surface area contributed by atoms with Crippen molar-refractivity contribution in [1.29, 1.82) is 0 Å². The Morgan fingerprint density at radius 2 is 2.00 bits per heavy atom.